The number of likely N-dealkylation sites (tertiary alicyclic amines) is 1. The molecule has 2 amide bonds. The second-order valence-corrected chi connectivity index (χ2v) is 6.63. The molecule has 3 nitrogen and oxygen atoms in total. The van der Waals surface area contributed by atoms with Crippen LogP contribution in [0.2, 0.25) is 0 Å². The van der Waals surface area contributed by atoms with Gasteiger partial charge >= 0.3 is 6.03 Å². The Hall–Kier alpha value is -0.730. The summed E-state index contributed by atoms with van der Waals surface area (Å²) in [5, 5.41) is 3.12. The Balaban J connectivity index is 1.56. The molecule has 0 atom stereocenters. The van der Waals surface area contributed by atoms with Crippen molar-refractivity contribution < 1.29 is 4.79 Å². The molecule has 0 aromatic carbocycles. The lowest BCUT2D eigenvalue weighted by Gasteiger charge is -2.21. The van der Waals surface area contributed by atoms with E-state index in [9.17, 15) is 4.79 Å². The zero-order valence-electron chi connectivity index (χ0n) is 13.0. The Labute approximate surface area is 124 Å². The first-order chi connectivity index (χ1) is 9.86. The normalized spacial score (nSPS) is 22.1. The highest BCUT2D eigenvalue weighted by Crippen LogP contribution is 2.26. The van der Waals surface area contributed by atoms with Crippen molar-refractivity contribution in [1.29, 1.82) is 0 Å². The monoisotopic (exact) mass is 280 g/mol. The van der Waals surface area contributed by atoms with Gasteiger partial charge in [0.05, 0.1) is 0 Å². The average molecular weight is 280 g/mol. The van der Waals surface area contributed by atoms with Crippen molar-refractivity contribution in [2.24, 2.45) is 5.92 Å². The van der Waals surface area contributed by atoms with Crippen LogP contribution in [0.3, 0.4) is 0 Å². The highest BCUT2D eigenvalue weighted by Gasteiger charge is 2.15. The van der Waals surface area contributed by atoms with Crippen molar-refractivity contribution in [1.82, 2.24) is 10.2 Å². The standard InChI is InChI=1S/C17H32N2O/c20-17(19-14-7-3-4-8-15-19)18-13-9-12-16-10-5-1-2-6-11-16/h16H,1-15H2,(H,18,20). The van der Waals surface area contributed by atoms with E-state index < -0.39 is 0 Å². The van der Waals surface area contributed by atoms with Crippen LogP contribution in [0.1, 0.15) is 77.0 Å². The van der Waals surface area contributed by atoms with Gasteiger partial charge < -0.3 is 10.2 Å². The van der Waals surface area contributed by atoms with Crippen molar-refractivity contribution in [2.75, 3.05) is 19.6 Å². The number of amides is 2. The Bertz CT molecular complexity index is 264. The third-order valence-electron chi connectivity index (χ3n) is 4.93. The minimum absolute atomic E-state index is 0.174. The first-order valence-corrected chi connectivity index (χ1v) is 8.89. The number of rotatable bonds is 4. The highest BCUT2D eigenvalue weighted by molar-refractivity contribution is 5.74. The molecule has 3 heteroatoms. The number of nitrogens with one attached hydrogen (secondary N) is 1. The molecule has 0 unspecified atom stereocenters. The minimum Gasteiger partial charge on any atom is -0.338 e. The molecule has 0 aromatic rings. The van der Waals surface area contributed by atoms with E-state index in [1.54, 1.807) is 0 Å². The van der Waals surface area contributed by atoms with Crippen LogP contribution in [0.5, 0.6) is 0 Å². The lowest BCUT2D eigenvalue weighted by atomic mass is 9.95. The first-order valence-electron chi connectivity index (χ1n) is 8.89. The van der Waals surface area contributed by atoms with E-state index >= 15 is 0 Å². The number of urea groups is 1. The fourth-order valence-electron chi connectivity index (χ4n) is 3.62. The summed E-state index contributed by atoms with van der Waals surface area (Å²) in [7, 11) is 0. The van der Waals surface area contributed by atoms with Gasteiger partial charge in [-0.15, -0.1) is 0 Å². The third kappa shape index (κ3) is 5.72. The van der Waals surface area contributed by atoms with E-state index in [2.05, 4.69) is 5.32 Å². The van der Waals surface area contributed by atoms with Crippen LogP contribution < -0.4 is 5.32 Å². The quantitative estimate of drug-likeness (QED) is 0.603. The number of hydrogen-bond donors (Lipinski definition) is 1. The molecule has 20 heavy (non-hydrogen) atoms. The summed E-state index contributed by atoms with van der Waals surface area (Å²) in [6, 6.07) is 0.174. The summed E-state index contributed by atoms with van der Waals surface area (Å²) in [5.41, 5.74) is 0. The molecule has 0 bridgehead atoms. The van der Waals surface area contributed by atoms with Crippen LogP contribution >= 0.6 is 0 Å². The van der Waals surface area contributed by atoms with Crippen LogP contribution in [-0.4, -0.2) is 30.6 Å². The van der Waals surface area contributed by atoms with Gasteiger partial charge in [-0.3, -0.25) is 0 Å². The van der Waals surface area contributed by atoms with E-state index in [4.69, 9.17) is 0 Å². The lowest BCUT2D eigenvalue weighted by molar-refractivity contribution is 0.199. The molecular formula is C17H32N2O. The molecule has 1 aliphatic heterocycles. The Kier molecular flexibility index (Phi) is 7.24. The Morgan fingerprint density at radius 3 is 2.15 bits per heavy atom. The van der Waals surface area contributed by atoms with Crippen LogP contribution in [0, 0.1) is 5.92 Å². The summed E-state index contributed by atoms with van der Waals surface area (Å²) in [6.45, 7) is 2.77. The molecule has 2 aliphatic rings. The molecule has 2 rings (SSSR count). The van der Waals surface area contributed by atoms with Crippen molar-refractivity contribution in [3.05, 3.63) is 0 Å². The maximum atomic E-state index is 12.1. The zero-order valence-corrected chi connectivity index (χ0v) is 13.0. The molecule has 0 aromatic heterocycles. The van der Waals surface area contributed by atoms with E-state index in [0.29, 0.717) is 0 Å². The smallest absolute Gasteiger partial charge is 0.317 e. The van der Waals surface area contributed by atoms with Crippen molar-refractivity contribution >= 4 is 6.03 Å². The van der Waals surface area contributed by atoms with Gasteiger partial charge in [-0.2, -0.15) is 0 Å². The van der Waals surface area contributed by atoms with Crippen molar-refractivity contribution in [2.45, 2.75) is 77.0 Å². The van der Waals surface area contributed by atoms with Gasteiger partial charge in [0.1, 0.15) is 0 Å². The zero-order chi connectivity index (χ0) is 14.0. The van der Waals surface area contributed by atoms with E-state index in [1.807, 2.05) is 4.90 Å². The number of hydrogen-bond acceptors (Lipinski definition) is 1. The SMILES string of the molecule is O=C(NCCCC1CCCCCC1)N1CCCCCC1. The van der Waals surface area contributed by atoms with Gasteiger partial charge in [0.25, 0.3) is 0 Å². The van der Waals surface area contributed by atoms with Crippen LogP contribution in [0.25, 0.3) is 0 Å². The largest absolute Gasteiger partial charge is 0.338 e. The average Bonchev–Trinajstić information content (AvgIpc) is 2.88. The summed E-state index contributed by atoms with van der Waals surface area (Å²) in [4.78, 5) is 14.1. The van der Waals surface area contributed by atoms with Gasteiger partial charge in [0.15, 0.2) is 0 Å². The van der Waals surface area contributed by atoms with Gasteiger partial charge in [-0.25, -0.2) is 4.79 Å². The van der Waals surface area contributed by atoms with Crippen LogP contribution in [-0.2, 0) is 0 Å². The minimum atomic E-state index is 0.174. The maximum absolute atomic E-state index is 12.1. The summed E-state index contributed by atoms with van der Waals surface area (Å²) in [5.74, 6) is 0.924. The Morgan fingerprint density at radius 2 is 1.50 bits per heavy atom. The van der Waals surface area contributed by atoms with Gasteiger partial charge in [-0.1, -0.05) is 51.4 Å². The summed E-state index contributed by atoms with van der Waals surface area (Å²) >= 11 is 0. The van der Waals surface area contributed by atoms with Gasteiger partial charge in [0.2, 0.25) is 0 Å². The number of nitrogens with zero attached hydrogens (tertiary/aromatic N) is 1. The van der Waals surface area contributed by atoms with Gasteiger partial charge in [0, 0.05) is 19.6 Å². The predicted octanol–water partition coefficient (Wildman–Crippen LogP) is 4.32. The molecule has 116 valence electrons. The van der Waals surface area contributed by atoms with E-state index in [0.717, 1.165) is 32.0 Å². The van der Waals surface area contributed by atoms with E-state index in [-0.39, 0.29) is 6.03 Å². The molecule has 0 spiro atoms. The summed E-state index contributed by atoms with van der Waals surface area (Å²) in [6.07, 6.45) is 15.9. The molecule has 1 aliphatic carbocycles. The Morgan fingerprint density at radius 1 is 0.900 bits per heavy atom. The third-order valence-corrected chi connectivity index (χ3v) is 4.93. The summed E-state index contributed by atoms with van der Waals surface area (Å²) < 4.78 is 0. The second kappa shape index (κ2) is 9.25. The van der Waals surface area contributed by atoms with Gasteiger partial charge in [-0.05, 0) is 31.6 Å². The molecule has 1 saturated carbocycles. The lowest BCUT2D eigenvalue weighted by Crippen LogP contribution is -2.40. The highest BCUT2D eigenvalue weighted by atomic mass is 16.2. The topological polar surface area (TPSA) is 32.3 Å². The fourth-order valence-corrected chi connectivity index (χ4v) is 3.62. The molecular weight excluding hydrogens is 248 g/mol. The fraction of sp³-hybridized carbons (Fsp3) is 0.941. The predicted molar refractivity (Wildman–Crippen MR) is 83.9 cm³/mol. The van der Waals surface area contributed by atoms with Crippen molar-refractivity contribution in [3.8, 4) is 0 Å². The number of carbonyl (C=O) groups excluding carboxylic acids is 1. The molecule has 2 fully saturated rings. The molecule has 1 saturated heterocycles. The molecule has 1 heterocycles. The number of carbonyl (C=O) groups is 1. The van der Waals surface area contributed by atoms with Crippen LogP contribution in [0.4, 0.5) is 4.79 Å². The second-order valence-electron chi connectivity index (χ2n) is 6.63. The van der Waals surface area contributed by atoms with E-state index in [1.165, 1.54) is 70.6 Å². The maximum Gasteiger partial charge on any atom is 0.317 e. The van der Waals surface area contributed by atoms with Crippen LogP contribution in [0.15, 0.2) is 0 Å². The van der Waals surface area contributed by atoms with Crippen molar-refractivity contribution in [3.63, 3.8) is 0 Å². The first kappa shape index (κ1) is 15.7. The molecule has 1 N–H and O–H groups in total. The molecule has 0 radical (unpaired) electrons.